The fraction of sp³-hybridized carbons (Fsp3) is 0.130. The number of methoxy groups -OCH3 is 1. The van der Waals surface area contributed by atoms with Gasteiger partial charge < -0.3 is 14.8 Å². The van der Waals surface area contributed by atoms with Crippen LogP contribution in [-0.4, -0.2) is 45.0 Å². The summed E-state index contributed by atoms with van der Waals surface area (Å²) in [5, 5.41) is 11.5. The third kappa shape index (κ3) is 4.18. The number of hydrogen-bond acceptors (Lipinski definition) is 6. The molecule has 9 nitrogen and oxygen atoms in total. The molecular weight excluding hydrogens is 431 g/mol. The quantitative estimate of drug-likeness (QED) is 0.306. The van der Waals surface area contributed by atoms with Crippen LogP contribution in [0.1, 0.15) is 11.1 Å². The van der Waals surface area contributed by atoms with Crippen LogP contribution in [0.2, 0.25) is 0 Å². The number of aromatic amines is 2. The van der Waals surface area contributed by atoms with E-state index in [1.807, 2.05) is 29.2 Å². The van der Waals surface area contributed by atoms with Crippen LogP contribution in [0.3, 0.4) is 0 Å². The van der Waals surface area contributed by atoms with Crippen molar-refractivity contribution in [2.75, 3.05) is 7.11 Å². The SMILES string of the molecule is COC(=O)C(Cc1c[nH]c2ccccc12)N=Cc1c(O)n(-c2ccccc2F)c(=O)[nH]c1=O. The summed E-state index contributed by atoms with van der Waals surface area (Å²) >= 11 is 0. The summed E-state index contributed by atoms with van der Waals surface area (Å²) < 4.78 is 19.7. The Kier molecular flexibility index (Phi) is 5.90. The first-order chi connectivity index (χ1) is 15.9. The van der Waals surface area contributed by atoms with Crippen molar-refractivity contribution in [3.05, 3.63) is 92.5 Å². The number of halogens is 1. The number of benzene rings is 2. The van der Waals surface area contributed by atoms with E-state index in [9.17, 15) is 23.9 Å². The van der Waals surface area contributed by atoms with E-state index in [-0.39, 0.29) is 12.1 Å². The lowest BCUT2D eigenvalue weighted by Crippen LogP contribution is -2.32. The third-order valence-electron chi connectivity index (χ3n) is 5.16. The topological polar surface area (TPSA) is 130 Å². The summed E-state index contributed by atoms with van der Waals surface area (Å²) in [6.45, 7) is 0. The highest BCUT2D eigenvalue weighted by Crippen LogP contribution is 2.21. The minimum absolute atomic E-state index is 0.152. The molecule has 4 rings (SSSR count). The molecule has 0 aliphatic heterocycles. The van der Waals surface area contributed by atoms with E-state index >= 15 is 0 Å². The summed E-state index contributed by atoms with van der Waals surface area (Å²) in [7, 11) is 1.21. The average Bonchev–Trinajstić information content (AvgIpc) is 3.21. The van der Waals surface area contributed by atoms with E-state index in [0.29, 0.717) is 4.57 Å². The van der Waals surface area contributed by atoms with Crippen LogP contribution < -0.4 is 11.2 Å². The smallest absolute Gasteiger partial charge is 0.335 e. The number of aromatic nitrogens is 3. The lowest BCUT2D eigenvalue weighted by atomic mass is 10.1. The fourth-order valence-electron chi connectivity index (χ4n) is 3.52. The second kappa shape index (κ2) is 8.95. The standard InChI is InChI=1S/C23H19FN4O5/c1-33-22(31)18(10-13-11-25-17-8-4-2-6-14(13)17)26-12-15-20(29)27-23(32)28(21(15)30)19-9-5-3-7-16(19)24/h2-9,11-12,18,25,30H,10H2,1H3,(H,27,29,32). The first-order valence-corrected chi connectivity index (χ1v) is 9.90. The predicted molar refractivity (Wildman–Crippen MR) is 120 cm³/mol. The van der Waals surface area contributed by atoms with Gasteiger partial charge in [-0.15, -0.1) is 0 Å². The lowest BCUT2D eigenvalue weighted by molar-refractivity contribution is -0.142. The molecule has 0 aliphatic rings. The van der Waals surface area contributed by atoms with Gasteiger partial charge in [-0.05, 0) is 23.8 Å². The Morgan fingerprint density at radius 2 is 1.94 bits per heavy atom. The first-order valence-electron chi connectivity index (χ1n) is 9.90. The van der Waals surface area contributed by atoms with Crippen molar-refractivity contribution in [1.82, 2.24) is 14.5 Å². The average molecular weight is 450 g/mol. The number of para-hydroxylation sites is 2. The van der Waals surface area contributed by atoms with Gasteiger partial charge in [0.1, 0.15) is 11.4 Å². The number of aliphatic imine (C=N–C) groups is 1. The number of rotatable bonds is 6. The molecule has 33 heavy (non-hydrogen) atoms. The van der Waals surface area contributed by atoms with Crippen LogP contribution in [0.25, 0.3) is 16.6 Å². The maximum atomic E-state index is 14.2. The molecule has 2 aromatic heterocycles. The van der Waals surface area contributed by atoms with Crippen molar-refractivity contribution >= 4 is 23.1 Å². The molecule has 168 valence electrons. The molecule has 0 saturated carbocycles. The molecule has 2 aromatic carbocycles. The van der Waals surface area contributed by atoms with Gasteiger partial charge in [0.25, 0.3) is 5.56 Å². The molecule has 4 aromatic rings. The molecule has 2 heterocycles. The van der Waals surface area contributed by atoms with Gasteiger partial charge in [-0.3, -0.25) is 14.8 Å². The zero-order chi connectivity index (χ0) is 23.5. The van der Waals surface area contributed by atoms with Gasteiger partial charge in [0.15, 0.2) is 6.04 Å². The molecule has 10 heteroatoms. The van der Waals surface area contributed by atoms with Crippen LogP contribution in [-0.2, 0) is 16.0 Å². The van der Waals surface area contributed by atoms with Crippen molar-refractivity contribution < 1.29 is 19.0 Å². The number of nitrogens with zero attached hydrogens (tertiary/aromatic N) is 2. The van der Waals surface area contributed by atoms with E-state index in [0.717, 1.165) is 28.7 Å². The lowest BCUT2D eigenvalue weighted by Gasteiger charge is -2.12. The second-order valence-corrected chi connectivity index (χ2v) is 7.16. The van der Waals surface area contributed by atoms with Crippen LogP contribution in [0.5, 0.6) is 5.88 Å². The zero-order valence-corrected chi connectivity index (χ0v) is 17.4. The van der Waals surface area contributed by atoms with Crippen LogP contribution in [0.4, 0.5) is 4.39 Å². The number of ether oxygens (including phenoxy) is 1. The number of fused-ring (bicyclic) bond motifs is 1. The van der Waals surface area contributed by atoms with Crippen LogP contribution in [0.15, 0.2) is 69.3 Å². The molecule has 3 N–H and O–H groups in total. The number of aromatic hydroxyl groups is 1. The van der Waals surface area contributed by atoms with Crippen molar-refractivity contribution in [3.8, 4) is 11.6 Å². The number of carbonyl (C=O) groups excluding carboxylic acids is 1. The van der Waals surface area contributed by atoms with E-state index in [1.165, 1.54) is 25.3 Å². The highest BCUT2D eigenvalue weighted by atomic mass is 19.1. The number of carbonyl (C=O) groups is 1. The maximum absolute atomic E-state index is 14.2. The fourth-order valence-corrected chi connectivity index (χ4v) is 3.52. The Bertz CT molecular complexity index is 1480. The first kappa shape index (κ1) is 21.8. The van der Waals surface area contributed by atoms with Gasteiger partial charge in [0, 0.05) is 29.7 Å². The molecule has 0 bridgehead atoms. The molecule has 0 aliphatic carbocycles. The van der Waals surface area contributed by atoms with Gasteiger partial charge in [0.2, 0.25) is 5.88 Å². The van der Waals surface area contributed by atoms with Crippen molar-refractivity contribution in [2.45, 2.75) is 12.5 Å². The summed E-state index contributed by atoms with van der Waals surface area (Å²) in [5.74, 6) is -2.25. The second-order valence-electron chi connectivity index (χ2n) is 7.16. The van der Waals surface area contributed by atoms with Crippen LogP contribution in [0, 0.1) is 5.82 Å². The monoisotopic (exact) mass is 450 g/mol. The highest BCUT2D eigenvalue weighted by Gasteiger charge is 2.22. The van der Waals surface area contributed by atoms with E-state index in [2.05, 4.69) is 9.98 Å². The molecule has 0 fully saturated rings. The summed E-state index contributed by atoms with van der Waals surface area (Å²) in [6, 6.07) is 11.7. The van der Waals surface area contributed by atoms with E-state index in [1.54, 1.807) is 6.20 Å². The van der Waals surface area contributed by atoms with Gasteiger partial charge in [0.05, 0.1) is 12.8 Å². The van der Waals surface area contributed by atoms with Crippen molar-refractivity contribution in [1.29, 1.82) is 0 Å². The Labute approximate surface area is 185 Å². The molecule has 0 amide bonds. The Hall–Kier alpha value is -4.47. The highest BCUT2D eigenvalue weighted by molar-refractivity contribution is 5.87. The molecular formula is C23H19FN4O5. The summed E-state index contributed by atoms with van der Waals surface area (Å²) in [4.78, 5) is 46.2. The third-order valence-corrected chi connectivity index (χ3v) is 5.16. The van der Waals surface area contributed by atoms with Crippen LogP contribution >= 0.6 is 0 Å². The molecule has 0 saturated heterocycles. The predicted octanol–water partition coefficient (Wildman–Crippen LogP) is 2.05. The molecule has 0 spiro atoms. The van der Waals surface area contributed by atoms with Crippen molar-refractivity contribution in [2.24, 2.45) is 4.99 Å². The molecule has 0 radical (unpaired) electrons. The minimum atomic E-state index is -1.04. The number of esters is 1. The zero-order valence-electron chi connectivity index (χ0n) is 17.4. The van der Waals surface area contributed by atoms with E-state index in [4.69, 9.17) is 4.74 Å². The largest absolute Gasteiger partial charge is 0.493 e. The normalized spacial score (nSPS) is 12.3. The Morgan fingerprint density at radius 3 is 2.70 bits per heavy atom. The molecule has 1 atom stereocenters. The summed E-state index contributed by atoms with van der Waals surface area (Å²) in [6.07, 6.45) is 2.87. The minimum Gasteiger partial charge on any atom is -0.493 e. The number of nitrogens with one attached hydrogen (secondary N) is 2. The number of H-pyrrole nitrogens is 2. The Morgan fingerprint density at radius 1 is 1.21 bits per heavy atom. The maximum Gasteiger partial charge on any atom is 0.335 e. The van der Waals surface area contributed by atoms with Gasteiger partial charge in [-0.25, -0.2) is 18.5 Å². The van der Waals surface area contributed by atoms with Gasteiger partial charge in [-0.2, -0.15) is 0 Å². The van der Waals surface area contributed by atoms with Gasteiger partial charge >= 0.3 is 11.7 Å². The van der Waals surface area contributed by atoms with E-state index < -0.39 is 40.5 Å². The number of hydrogen-bond donors (Lipinski definition) is 3. The summed E-state index contributed by atoms with van der Waals surface area (Å²) in [5.41, 5.74) is -0.953. The molecule has 1 unspecified atom stereocenters. The Balaban J connectivity index is 1.75. The van der Waals surface area contributed by atoms with Gasteiger partial charge in [-0.1, -0.05) is 30.3 Å². The van der Waals surface area contributed by atoms with Crippen molar-refractivity contribution in [3.63, 3.8) is 0 Å².